The van der Waals surface area contributed by atoms with Crippen LogP contribution in [0, 0.1) is 12.7 Å². The summed E-state index contributed by atoms with van der Waals surface area (Å²) in [5.41, 5.74) is 1.17. The van der Waals surface area contributed by atoms with Crippen LogP contribution in [0.5, 0.6) is 0 Å². The molecule has 0 bridgehead atoms. The Morgan fingerprint density at radius 1 is 1.19 bits per heavy atom. The van der Waals surface area contributed by atoms with Gasteiger partial charge in [-0.1, -0.05) is 23.8 Å². The lowest BCUT2D eigenvalue weighted by molar-refractivity contribution is -0.0891. The number of halogens is 1. The number of carbonyl (C=O) groups is 1. The van der Waals surface area contributed by atoms with E-state index in [1.807, 2.05) is 6.92 Å². The molecule has 7 nitrogen and oxygen atoms in total. The Kier molecular flexibility index (Phi) is 7.77. The van der Waals surface area contributed by atoms with E-state index in [1.54, 1.807) is 24.3 Å². The highest BCUT2D eigenvalue weighted by Crippen LogP contribution is 2.22. The normalized spacial score (nSPS) is 21.6. The molecule has 0 spiro atoms. The first-order valence-electron chi connectivity index (χ1n) is 10.2. The average Bonchev–Trinajstić information content (AvgIpc) is 2.74. The second kappa shape index (κ2) is 10.3. The number of sulfonamides is 1. The fraction of sp³-hybridized carbons (Fsp3) is 0.409. The van der Waals surface area contributed by atoms with Crippen molar-refractivity contribution in [2.45, 2.75) is 49.3 Å². The van der Waals surface area contributed by atoms with Gasteiger partial charge in [0.1, 0.15) is 11.9 Å². The van der Waals surface area contributed by atoms with Gasteiger partial charge in [-0.05, 0) is 56.5 Å². The van der Waals surface area contributed by atoms with Crippen LogP contribution in [0.15, 0.2) is 53.4 Å². The first kappa shape index (κ1) is 23.3. The van der Waals surface area contributed by atoms with Gasteiger partial charge in [-0.15, -0.1) is 0 Å². The summed E-state index contributed by atoms with van der Waals surface area (Å²) in [6.45, 7) is 1.79. The number of nitrogens with one attached hydrogen (secondary N) is 2. The molecule has 1 aliphatic rings. The zero-order valence-electron chi connectivity index (χ0n) is 17.3. The van der Waals surface area contributed by atoms with Gasteiger partial charge in [-0.25, -0.2) is 17.5 Å². The quantitative estimate of drug-likeness (QED) is 0.572. The number of ether oxygens (including phenoxy) is 1. The number of hydrogen-bond donors (Lipinski definition) is 3. The number of rotatable bonds is 8. The van der Waals surface area contributed by atoms with Crippen molar-refractivity contribution in [3.63, 3.8) is 0 Å². The summed E-state index contributed by atoms with van der Waals surface area (Å²) in [4.78, 5) is 12.6. The Morgan fingerprint density at radius 3 is 2.61 bits per heavy atom. The van der Waals surface area contributed by atoms with Gasteiger partial charge in [-0.2, -0.15) is 0 Å². The van der Waals surface area contributed by atoms with Gasteiger partial charge in [0.05, 0.1) is 23.6 Å². The van der Waals surface area contributed by atoms with Crippen molar-refractivity contribution < 1.29 is 27.4 Å². The maximum absolute atomic E-state index is 13.3. The summed E-state index contributed by atoms with van der Waals surface area (Å²) < 4.78 is 46.5. The number of benzene rings is 2. The Labute approximate surface area is 181 Å². The summed E-state index contributed by atoms with van der Waals surface area (Å²) in [5.74, 6) is -0.935. The van der Waals surface area contributed by atoms with Crippen molar-refractivity contribution in [2.24, 2.45) is 0 Å². The molecular formula is C22H27FN2O5S. The van der Waals surface area contributed by atoms with Crippen molar-refractivity contribution in [3.8, 4) is 0 Å². The summed E-state index contributed by atoms with van der Waals surface area (Å²) in [7, 11) is -3.60. The minimum atomic E-state index is -3.60. The summed E-state index contributed by atoms with van der Waals surface area (Å²) in [5, 5.41) is 12.5. The highest BCUT2D eigenvalue weighted by molar-refractivity contribution is 7.89. The van der Waals surface area contributed by atoms with Crippen LogP contribution >= 0.6 is 0 Å². The largest absolute Gasteiger partial charge is 0.394 e. The van der Waals surface area contributed by atoms with E-state index in [1.165, 1.54) is 18.2 Å². The second-order valence-corrected chi connectivity index (χ2v) is 9.41. The first-order valence-corrected chi connectivity index (χ1v) is 11.7. The van der Waals surface area contributed by atoms with Crippen molar-refractivity contribution in [1.82, 2.24) is 10.0 Å². The maximum Gasteiger partial charge on any atom is 0.251 e. The average molecular weight is 451 g/mol. The molecule has 0 aromatic heterocycles. The third-order valence-corrected chi connectivity index (χ3v) is 6.77. The van der Waals surface area contributed by atoms with Gasteiger partial charge in [0.2, 0.25) is 10.0 Å². The second-order valence-electron chi connectivity index (χ2n) is 7.65. The molecule has 3 atom stereocenters. The summed E-state index contributed by atoms with van der Waals surface area (Å²) >= 11 is 0. The Morgan fingerprint density at radius 2 is 1.94 bits per heavy atom. The maximum atomic E-state index is 13.3. The summed E-state index contributed by atoms with van der Waals surface area (Å²) in [6.07, 6.45) is 0.718. The van der Waals surface area contributed by atoms with Crippen LogP contribution in [0.25, 0.3) is 0 Å². The first-order chi connectivity index (χ1) is 14.8. The molecule has 0 saturated carbocycles. The molecule has 9 heteroatoms. The van der Waals surface area contributed by atoms with Gasteiger partial charge in [0.25, 0.3) is 5.91 Å². The fourth-order valence-corrected chi connectivity index (χ4v) is 4.59. The topological polar surface area (TPSA) is 105 Å². The highest BCUT2D eigenvalue weighted by Gasteiger charge is 2.32. The molecule has 2 aromatic carbocycles. The van der Waals surface area contributed by atoms with E-state index in [0.29, 0.717) is 19.3 Å². The van der Waals surface area contributed by atoms with E-state index < -0.39 is 33.9 Å². The van der Waals surface area contributed by atoms with Crippen LogP contribution in [-0.4, -0.2) is 50.8 Å². The van der Waals surface area contributed by atoms with E-state index >= 15 is 0 Å². The zero-order chi connectivity index (χ0) is 22.4. The Bertz CT molecular complexity index is 997. The van der Waals surface area contributed by atoms with Crippen molar-refractivity contribution in [3.05, 3.63) is 65.5 Å². The lowest BCUT2D eigenvalue weighted by atomic mass is 9.97. The van der Waals surface area contributed by atoms with Crippen molar-refractivity contribution in [1.29, 1.82) is 0 Å². The molecule has 0 unspecified atom stereocenters. The molecule has 1 fully saturated rings. The minimum Gasteiger partial charge on any atom is -0.394 e. The fourth-order valence-electron chi connectivity index (χ4n) is 3.55. The predicted molar refractivity (Wildman–Crippen MR) is 114 cm³/mol. The van der Waals surface area contributed by atoms with Gasteiger partial charge >= 0.3 is 0 Å². The number of hydrogen-bond acceptors (Lipinski definition) is 5. The molecule has 2 aromatic rings. The molecule has 31 heavy (non-hydrogen) atoms. The van der Waals surface area contributed by atoms with Crippen molar-refractivity contribution in [2.75, 3.05) is 13.2 Å². The monoisotopic (exact) mass is 450 g/mol. The number of aliphatic hydroxyl groups excluding tert-OH is 1. The van der Waals surface area contributed by atoms with Crippen LogP contribution in [-0.2, 0) is 14.8 Å². The molecule has 3 N–H and O–H groups in total. The lowest BCUT2D eigenvalue weighted by Gasteiger charge is -2.36. The molecule has 0 aliphatic carbocycles. The highest BCUT2D eigenvalue weighted by atomic mass is 32.2. The molecule has 3 rings (SSSR count). The van der Waals surface area contributed by atoms with E-state index in [4.69, 9.17) is 4.74 Å². The lowest BCUT2D eigenvalue weighted by Crippen LogP contribution is -2.51. The molecule has 1 amide bonds. The third kappa shape index (κ3) is 6.33. The Balaban J connectivity index is 1.50. The molecule has 1 saturated heterocycles. The van der Waals surface area contributed by atoms with Crippen LogP contribution in [0.3, 0.4) is 0 Å². The molecular weight excluding hydrogens is 423 g/mol. The zero-order valence-corrected chi connectivity index (χ0v) is 18.1. The smallest absolute Gasteiger partial charge is 0.251 e. The van der Waals surface area contributed by atoms with E-state index in [-0.39, 0.29) is 29.7 Å². The standard InChI is InChI=1S/C22H27FN2O5S/c1-15-5-8-19(9-6-15)31(28,29)24-12-11-18-7-10-20(21(14-26)30-18)25-22(27)16-3-2-4-17(23)13-16/h2-6,8-9,13,18,20-21,24,26H,7,10-12,14H2,1H3,(H,25,27)/t18-,20+,21+/m1/s1. The number of aliphatic hydroxyl groups is 1. The van der Waals surface area contributed by atoms with E-state index in [2.05, 4.69) is 10.0 Å². The SMILES string of the molecule is Cc1ccc(S(=O)(=O)NCC[C@H]2CC[C@H](NC(=O)c3cccc(F)c3)[C@H](CO)O2)cc1. The van der Waals surface area contributed by atoms with Crippen LogP contribution in [0.2, 0.25) is 0 Å². The van der Waals surface area contributed by atoms with Gasteiger partial charge in [-0.3, -0.25) is 4.79 Å². The Hall–Kier alpha value is -2.33. The molecule has 1 aliphatic heterocycles. The van der Waals surface area contributed by atoms with Gasteiger partial charge in [0.15, 0.2) is 0 Å². The molecule has 168 valence electrons. The molecule has 0 radical (unpaired) electrons. The van der Waals surface area contributed by atoms with Crippen LogP contribution < -0.4 is 10.0 Å². The number of carbonyl (C=O) groups excluding carboxylic acids is 1. The van der Waals surface area contributed by atoms with Gasteiger partial charge < -0.3 is 15.2 Å². The van der Waals surface area contributed by atoms with Gasteiger partial charge in [0, 0.05) is 12.1 Å². The minimum absolute atomic E-state index is 0.194. The van der Waals surface area contributed by atoms with E-state index in [0.717, 1.165) is 11.6 Å². The van der Waals surface area contributed by atoms with Crippen molar-refractivity contribution >= 4 is 15.9 Å². The molecule has 1 heterocycles. The van der Waals surface area contributed by atoms with E-state index in [9.17, 15) is 22.7 Å². The summed E-state index contributed by atoms with van der Waals surface area (Å²) in [6, 6.07) is 11.6. The predicted octanol–water partition coefficient (Wildman–Crippen LogP) is 2.14. The number of amides is 1. The number of aryl methyl sites for hydroxylation is 1. The van der Waals surface area contributed by atoms with Crippen LogP contribution in [0.4, 0.5) is 4.39 Å². The van der Waals surface area contributed by atoms with Crippen LogP contribution in [0.1, 0.15) is 35.2 Å². The third-order valence-electron chi connectivity index (χ3n) is 5.29.